The number of hydrogen-bond donors (Lipinski definition) is 1. The van der Waals surface area contributed by atoms with Gasteiger partial charge in [0.2, 0.25) is 11.8 Å². The van der Waals surface area contributed by atoms with E-state index in [4.69, 9.17) is 4.98 Å². The van der Waals surface area contributed by atoms with Crippen LogP contribution in [-0.4, -0.2) is 44.7 Å². The molecule has 1 atom stereocenters. The molecule has 2 aliphatic heterocycles. The fourth-order valence-electron chi connectivity index (χ4n) is 4.59. The minimum atomic E-state index is -0.232. The van der Waals surface area contributed by atoms with E-state index < -0.39 is 0 Å². The van der Waals surface area contributed by atoms with Gasteiger partial charge in [0.25, 0.3) is 5.56 Å². The minimum Gasteiger partial charge on any atom is -0.336 e. The third-order valence-corrected chi connectivity index (χ3v) is 6.25. The zero-order valence-electron chi connectivity index (χ0n) is 18.1. The molecule has 1 N–H and O–H groups in total. The van der Waals surface area contributed by atoms with Gasteiger partial charge < -0.3 is 14.8 Å². The van der Waals surface area contributed by atoms with Crippen molar-refractivity contribution in [3.63, 3.8) is 0 Å². The maximum absolute atomic E-state index is 13.1. The van der Waals surface area contributed by atoms with E-state index in [0.717, 1.165) is 31.2 Å². The largest absolute Gasteiger partial charge is 0.336 e. The maximum atomic E-state index is 13.1. The molecule has 0 radical (unpaired) electrons. The topological polar surface area (TPSA) is 86.4 Å². The van der Waals surface area contributed by atoms with E-state index in [2.05, 4.69) is 4.98 Å². The number of nitrogens with one attached hydrogen (secondary N) is 1. The quantitative estimate of drug-likeness (QED) is 0.803. The summed E-state index contributed by atoms with van der Waals surface area (Å²) in [7, 11) is 0. The van der Waals surface area contributed by atoms with Gasteiger partial charge in [-0.25, -0.2) is 4.98 Å². The lowest BCUT2D eigenvalue weighted by atomic mass is 9.99. The fraction of sp³-hybridized carbons (Fsp3) is 0.500. The second-order valence-electron chi connectivity index (χ2n) is 8.45. The van der Waals surface area contributed by atoms with Crippen LogP contribution in [0.5, 0.6) is 0 Å². The molecule has 0 spiro atoms. The maximum Gasteiger partial charge on any atom is 0.254 e. The van der Waals surface area contributed by atoms with Gasteiger partial charge in [0.15, 0.2) is 0 Å². The number of H-pyrrole nitrogens is 1. The molecule has 0 saturated carbocycles. The zero-order valence-corrected chi connectivity index (χ0v) is 18.1. The van der Waals surface area contributed by atoms with Gasteiger partial charge in [0.1, 0.15) is 5.82 Å². The lowest BCUT2D eigenvalue weighted by molar-refractivity contribution is -0.134. The number of aromatic amines is 1. The second-order valence-corrected chi connectivity index (χ2v) is 8.45. The Morgan fingerprint density at radius 2 is 1.94 bits per heavy atom. The average molecular weight is 423 g/mol. The van der Waals surface area contributed by atoms with Crippen LogP contribution in [0.2, 0.25) is 0 Å². The molecule has 3 heterocycles. The van der Waals surface area contributed by atoms with E-state index in [0.29, 0.717) is 56.0 Å². The van der Waals surface area contributed by atoms with Gasteiger partial charge in [-0.2, -0.15) is 0 Å². The Hall–Kier alpha value is -2.96. The summed E-state index contributed by atoms with van der Waals surface area (Å²) in [6, 6.07) is 9.49. The van der Waals surface area contributed by atoms with E-state index in [1.165, 1.54) is 0 Å². The second kappa shape index (κ2) is 9.45. The van der Waals surface area contributed by atoms with Crippen molar-refractivity contribution in [2.75, 3.05) is 13.1 Å². The number of fused-ring (bicyclic) bond motifs is 1. The molecule has 1 unspecified atom stereocenters. The Morgan fingerprint density at radius 1 is 1.13 bits per heavy atom. The normalized spacial score (nSPS) is 18.5. The number of carbonyl (C=O) groups is 2. The number of nitrogens with zero attached hydrogens (tertiary/aromatic N) is 3. The van der Waals surface area contributed by atoms with Crippen LogP contribution in [0.4, 0.5) is 0 Å². The molecule has 1 saturated heterocycles. The molecule has 4 rings (SSSR count). The minimum absolute atomic E-state index is 0.0519. The zero-order chi connectivity index (χ0) is 21.8. The summed E-state index contributed by atoms with van der Waals surface area (Å²) in [6.07, 6.45) is 4.89. The molecular formula is C24H30N4O3. The smallest absolute Gasteiger partial charge is 0.254 e. The fourth-order valence-corrected chi connectivity index (χ4v) is 4.59. The summed E-state index contributed by atoms with van der Waals surface area (Å²) in [5.74, 6) is 0.708. The van der Waals surface area contributed by atoms with Gasteiger partial charge in [-0.05, 0) is 37.7 Å². The summed E-state index contributed by atoms with van der Waals surface area (Å²) in [6.45, 7) is 3.58. The number of amides is 2. The summed E-state index contributed by atoms with van der Waals surface area (Å²) in [4.78, 5) is 49.6. The third kappa shape index (κ3) is 4.70. The van der Waals surface area contributed by atoms with Crippen LogP contribution in [0.1, 0.15) is 67.7 Å². The highest BCUT2D eigenvalue weighted by atomic mass is 16.2. The summed E-state index contributed by atoms with van der Waals surface area (Å²) < 4.78 is 0. The number of aromatic nitrogens is 2. The Morgan fingerprint density at radius 3 is 2.71 bits per heavy atom. The van der Waals surface area contributed by atoms with Crippen molar-refractivity contribution in [2.24, 2.45) is 0 Å². The first kappa shape index (κ1) is 21.3. The molecule has 2 aliphatic rings. The van der Waals surface area contributed by atoms with Crippen LogP contribution in [0.25, 0.3) is 0 Å². The van der Waals surface area contributed by atoms with Crippen molar-refractivity contribution in [1.29, 1.82) is 0 Å². The number of rotatable bonds is 5. The highest BCUT2D eigenvalue weighted by Gasteiger charge is 2.31. The Labute approximate surface area is 182 Å². The van der Waals surface area contributed by atoms with Gasteiger partial charge in [0.05, 0.1) is 24.7 Å². The highest BCUT2D eigenvalue weighted by molar-refractivity contribution is 5.79. The molecule has 2 amide bonds. The predicted molar refractivity (Wildman–Crippen MR) is 117 cm³/mol. The monoisotopic (exact) mass is 422 g/mol. The summed E-state index contributed by atoms with van der Waals surface area (Å²) in [5, 5.41) is 0. The number of hydrogen-bond acceptors (Lipinski definition) is 4. The molecule has 0 aliphatic carbocycles. The van der Waals surface area contributed by atoms with Gasteiger partial charge >= 0.3 is 0 Å². The molecule has 0 bridgehead atoms. The molecule has 31 heavy (non-hydrogen) atoms. The van der Waals surface area contributed by atoms with E-state index >= 15 is 0 Å². The Balaban J connectivity index is 1.58. The van der Waals surface area contributed by atoms with Gasteiger partial charge in [-0.3, -0.25) is 14.4 Å². The van der Waals surface area contributed by atoms with Crippen LogP contribution >= 0.6 is 0 Å². The van der Waals surface area contributed by atoms with E-state index in [9.17, 15) is 14.4 Å². The number of piperidine rings is 1. The van der Waals surface area contributed by atoms with Crippen LogP contribution in [-0.2, 0) is 29.0 Å². The number of likely N-dealkylation sites (tertiary alicyclic amines) is 1. The Bertz CT molecular complexity index is 1000. The SMILES string of the molecule is CCCC(=O)N1CCc2c(nc(C3CCCCN3C(=O)Cc3ccccc3)[nH]c2=O)C1. The lowest BCUT2D eigenvalue weighted by Gasteiger charge is -2.36. The predicted octanol–water partition coefficient (Wildman–Crippen LogP) is 2.75. The first-order valence-corrected chi connectivity index (χ1v) is 11.3. The van der Waals surface area contributed by atoms with Crippen molar-refractivity contribution in [3.8, 4) is 0 Å². The number of carbonyl (C=O) groups excluding carboxylic acids is 2. The molecule has 2 aromatic rings. The van der Waals surface area contributed by atoms with Gasteiger partial charge in [0, 0.05) is 25.1 Å². The first-order valence-electron chi connectivity index (χ1n) is 11.3. The third-order valence-electron chi connectivity index (χ3n) is 6.25. The van der Waals surface area contributed by atoms with Crippen LogP contribution < -0.4 is 5.56 Å². The lowest BCUT2D eigenvalue weighted by Crippen LogP contribution is -2.43. The highest BCUT2D eigenvalue weighted by Crippen LogP contribution is 2.30. The van der Waals surface area contributed by atoms with Crippen LogP contribution in [0, 0.1) is 0 Å². The van der Waals surface area contributed by atoms with Crippen molar-refractivity contribution in [1.82, 2.24) is 19.8 Å². The van der Waals surface area contributed by atoms with Gasteiger partial charge in [-0.1, -0.05) is 37.3 Å². The molecule has 7 nitrogen and oxygen atoms in total. The molecule has 164 valence electrons. The molecule has 1 aromatic carbocycles. The van der Waals surface area contributed by atoms with E-state index in [1.807, 2.05) is 42.2 Å². The number of benzene rings is 1. The van der Waals surface area contributed by atoms with Crippen molar-refractivity contribution >= 4 is 11.8 Å². The molecule has 7 heteroatoms. The van der Waals surface area contributed by atoms with Crippen molar-refractivity contribution < 1.29 is 9.59 Å². The van der Waals surface area contributed by atoms with E-state index in [1.54, 1.807) is 4.90 Å². The Kier molecular flexibility index (Phi) is 6.49. The van der Waals surface area contributed by atoms with Crippen LogP contribution in [0.3, 0.4) is 0 Å². The van der Waals surface area contributed by atoms with Gasteiger partial charge in [-0.15, -0.1) is 0 Å². The molecule has 1 fully saturated rings. The summed E-state index contributed by atoms with van der Waals surface area (Å²) in [5.41, 5.74) is 2.19. The van der Waals surface area contributed by atoms with E-state index in [-0.39, 0.29) is 23.4 Å². The van der Waals surface area contributed by atoms with Crippen molar-refractivity contribution in [2.45, 2.75) is 64.5 Å². The molecular weight excluding hydrogens is 392 g/mol. The standard InChI is InChI=1S/C24H30N4O3/c1-2-8-21(29)27-14-12-18-19(16-27)25-23(26-24(18)31)20-11-6-7-13-28(20)22(30)15-17-9-4-3-5-10-17/h3-5,9-10,20H,2,6-8,11-16H2,1H3,(H,25,26,31). The summed E-state index contributed by atoms with van der Waals surface area (Å²) >= 11 is 0. The molecule has 1 aromatic heterocycles. The van der Waals surface area contributed by atoms with Crippen LogP contribution in [0.15, 0.2) is 35.1 Å². The average Bonchev–Trinajstić information content (AvgIpc) is 2.79. The first-order chi connectivity index (χ1) is 15.1. The van der Waals surface area contributed by atoms with Crippen molar-refractivity contribution in [3.05, 3.63) is 63.3 Å².